The van der Waals surface area contributed by atoms with E-state index in [1.807, 2.05) is 0 Å². The highest BCUT2D eigenvalue weighted by Gasteiger charge is 2.19. The summed E-state index contributed by atoms with van der Waals surface area (Å²) < 4.78 is 68.4. The monoisotopic (exact) mass is 1300 g/mol. The highest BCUT2D eigenvalue weighted by atomic mass is 16.6. The summed E-state index contributed by atoms with van der Waals surface area (Å²) in [5.74, 6) is 1.79. The molecule has 0 saturated carbocycles. The Labute approximate surface area is 562 Å². The summed E-state index contributed by atoms with van der Waals surface area (Å²) in [7, 11) is 0. The molecule has 0 unspecified atom stereocenters. The van der Waals surface area contributed by atoms with Crippen molar-refractivity contribution in [2.45, 2.75) is 148 Å². The highest BCUT2D eigenvalue weighted by Crippen LogP contribution is 2.31. The van der Waals surface area contributed by atoms with Crippen LogP contribution < -0.4 is 37.9 Å². The van der Waals surface area contributed by atoms with Crippen molar-refractivity contribution >= 4 is 23.9 Å². The minimum absolute atomic E-state index is 0.307. The zero-order valence-electron chi connectivity index (χ0n) is 55.3. The largest absolute Gasteiger partial charge is 0.502 e. The lowest BCUT2D eigenvalue weighted by Crippen LogP contribution is -2.11. The van der Waals surface area contributed by atoms with Gasteiger partial charge in [0.25, 0.3) is 0 Å². The molecule has 6 aromatic carbocycles. The molecule has 0 amide bonds. The van der Waals surface area contributed by atoms with E-state index in [-0.39, 0.29) is 0 Å². The maximum atomic E-state index is 13.7. The van der Waals surface area contributed by atoms with Crippen LogP contribution in [0, 0.1) is 0 Å². The van der Waals surface area contributed by atoms with Gasteiger partial charge in [0.2, 0.25) is 0 Å². The van der Waals surface area contributed by atoms with Crippen LogP contribution in [-0.2, 0) is 31.8 Å². The molecule has 16 nitrogen and oxygen atoms in total. The molecule has 0 N–H and O–H groups in total. The predicted octanol–water partition coefficient (Wildman–Crippen LogP) is 18.7. The van der Waals surface area contributed by atoms with Crippen LogP contribution in [0.2, 0.25) is 0 Å². The van der Waals surface area contributed by atoms with Crippen LogP contribution >= 0.6 is 0 Å². The maximum Gasteiger partial charge on any atom is 0.343 e. The van der Waals surface area contributed by atoms with Crippen molar-refractivity contribution in [3.05, 3.63) is 218 Å². The van der Waals surface area contributed by atoms with Gasteiger partial charge in [-0.1, -0.05) is 45.6 Å². The first-order valence-electron chi connectivity index (χ1n) is 33.6. The lowest BCUT2D eigenvalue weighted by Gasteiger charge is -2.14. The Bertz CT molecular complexity index is 3000. The van der Waals surface area contributed by atoms with Gasteiger partial charge in [-0.25, -0.2) is 19.2 Å². The van der Waals surface area contributed by atoms with Gasteiger partial charge in [0.1, 0.15) is 46.0 Å². The summed E-state index contributed by atoms with van der Waals surface area (Å²) in [5, 5.41) is 0. The van der Waals surface area contributed by atoms with Crippen LogP contribution in [0.15, 0.2) is 185 Å². The van der Waals surface area contributed by atoms with Crippen molar-refractivity contribution in [2.24, 2.45) is 0 Å². The molecule has 0 aromatic heterocycles. The zero-order chi connectivity index (χ0) is 67.2. The van der Waals surface area contributed by atoms with E-state index in [1.54, 1.807) is 133 Å². The van der Waals surface area contributed by atoms with Gasteiger partial charge in [-0.2, -0.15) is 0 Å². The van der Waals surface area contributed by atoms with Crippen LogP contribution in [0.25, 0.3) is 0 Å². The molecular formula is C79H96O16. The Balaban J connectivity index is 1.07. The van der Waals surface area contributed by atoms with Gasteiger partial charge in [-0.05, 0) is 273 Å². The minimum atomic E-state index is -0.542. The normalized spacial score (nSPS) is 10.7. The maximum absolute atomic E-state index is 13.7. The molecular weight excluding hydrogens is 1200 g/mol. The van der Waals surface area contributed by atoms with Gasteiger partial charge in [-0.15, -0.1) is 0 Å². The number of unbranched alkanes of at least 4 members (excludes halogenated alkanes) is 16. The van der Waals surface area contributed by atoms with E-state index >= 15 is 0 Å². The second-order valence-corrected chi connectivity index (χ2v) is 22.7. The Morgan fingerprint density at radius 1 is 0.253 bits per heavy atom. The van der Waals surface area contributed by atoms with E-state index in [0.29, 0.717) is 145 Å². The molecule has 6 aromatic rings. The smallest absolute Gasteiger partial charge is 0.343 e. The van der Waals surface area contributed by atoms with Gasteiger partial charge >= 0.3 is 23.9 Å². The van der Waals surface area contributed by atoms with E-state index in [9.17, 15) is 19.2 Å². The fourth-order valence-corrected chi connectivity index (χ4v) is 10.0. The van der Waals surface area contributed by atoms with E-state index in [0.717, 1.165) is 135 Å². The number of carbonyl (C=O) groups is 4. The molecule has 0 aliphatic carbocycles. The van der Waals surface area contributed by atoms with Gasteiger partial charge in [0.05, 0.1) is 100 Å². The first kappa shape index (κ1) is 74.6. The molecule has 508 valence electrons. The topological polar surface area (TPSA) is 179 Å². The van der Waals surface area contributed by atoms with E-state index in [1.165, 1.54) is 25.0 Å². The van der Waals surface area contributed by atoms with Crippen LogP contribution in [0.1, 0.15) is 187 Å². The molecule has 0 bridgehead atoms. The first-order chi connectivity index (χ1) is 46.7. The molecule has 0 atom stereocenters. The Morgan fingerprint density at radius 2 is 0.474 bits per heavy atom. The van der Waals surface area contributed by atoms with Gasteiger partial charge in [-0.3, -0.25) is 0 Å². The molecule has 0 saturated heterocycles. The quantitative estimate of drug-likeness (QED) is 0.0152. The molecule has 95 heavy (non-hydrogen) atoms. The Morgan fingerprint density at radius 3 is 0.737 bits per heavy atom. The van der Waals surface area contributed by atoms with Crippen molar-refractivity contribution in [3.63, 3.8) is 0 Å². The average Bonchev–Trinajstić information content (AvgIpc) is 2.02. The number of benzene rings is 6. The van der Waals surface area contributed by atoms with E-state index in [2.05, 4.69) is 26.3 Å². The summed E-state index contributed by atoms with van der Waals surface area (Å²) in [4.78, 5) is 54.4. The number of rotatable bonds is 52. The third-order valence-corrected chi connectivity index (χ3v) is 15.3. The second kappa shape index (κ2) is 45.8. The second-order valence-electron chi connectivity index (χ2n) is 22.7. The molecule has 0 aliphatic heterocycles. The highest BCUT2D eigenvalue weighted by molar-refractivity contribution is 5.93. The molecule has 0 fully saturated rings. The SMILES string of the molecule is C=COCCCCCCOc1ccc(C(=O)Oc2ccc(OC(=O)c3ccc(OCCCCCCOC=C)cc3)c(CCCCCCCc3cc(OC(=O)c4ccc(OCCCCCCOC=C)cc4)ccc3OC(=O)c3ccc(OCCCCCCOC=C)cc3)c2)cc1. The lowest BCUT2D eigenvalue weighted by molar-refractivity contribution is 0.0718. The van der Waals surface area contributed by atoms with Gasteiger partial charge in [0, 0.05) is 0 Å². The van der Waals surface area contributed by atoms with E-state index < -0.39 is 23.9 Å². The fraction of sp³-hybridized carbons (Fsp3) is 0.392. The molecule has 0 heterocycles. The molecule has 0 spiro atoms. The third-order valence-electron chi connectivity index (χ3n) is 15.3. The number of esters is 4. The fourth-order valence-electron chi connectivity index (χ4n) is 10.0. The van der Waals surface area contributed by atoms with Gasteiger partial charge in [0.15, 0.2) is 0 Å². The average molecular weight is 1300 g/mol. The number of ether oxygens (including phenoxy) is 12. The van der Waals surface area contributed by atoms with Crippen LogP contribution in [0.4, 0.5) is 0 Å². The van der Waals surface area contributed by atoms with Crippen LogP contribution in [-0.4, -0.2) is 76.7 Å². The number of aryl methyl sites for hydroxylation is 2. The summed E-state index contributed by atoms with van der Waals surface area (Å²) in [5.41, 5.74) is 2.82. The number of hydrogen-bond acceptors (Lipinski definition) is 16. The van der Waals surface area contributed by atoms with Crippen molar-refractivity contribution in [1.82, 2.24) is 0 Å². The van der Waals surface area contributed by atoms with Crippen molar-refractivity contribution in [2.75, 3.05) is 52.9 Å². The number of hydrogen-bond donors (Lipinski definition) is 0. The van der Waals surface area contributed by atoms with Crippen LogP contribution in [0.3, 0.4) is 0 Å². The van der Waals surface area contributed by atoms with Crippen molar-refractivity contribution in [1.29, 1.82) is 0 Å². The zero-order valence-corrected chi connectivity index (χ0v) is 55.3. The molecule has 6 rings (SSSR count). The summed E-state index contributed by atoms with van der Waals surface area (Å²) in [6, 6.07) is 37.6. The Kier molecular flexibility index (Phi) is 36.0. The molecule has 0 aliphatic rings. The summed E-state index contributed by atoms with van der Waals surface area (Å²) in [6.45, 7) is 19.2. The van der Waals surface area contributed by atoms with E-state index in [4.69, 9.17) is 56.8 Å². The predicted molar refractivity (Wildman–Crippen MR) is 369 cm³/mol. The third kappa shape index (κ3) is 30.0. The molecule has 0 radical (unpaired) electrons. The standard InChI is InChI=1S/C79H96O16/c1-5-84-52-22-12-16-26-56-88-68-40-32-62(33-41-68)76(80)92-72-48-50-74(94-78(82)64-36-44-70(45-37-64)90-58-28-18-14-24-54-86-7-3)66(60-72)30-20-10-9-11-21-31-67-61-73(93-77(81)63-34-42-69(43-35-63)89-57-27-17-13-23-53-85-6-2)49-51-75(67)95-79(83)65-38-46-71(47-39-65)91-59-29-19-15-25-55-87-8-4/h5-8,32-51,60-61H,1-4,9-31,52-59H2. The van der Waals surface area contributed by atoms with Crippen molar-refractivity contribution < 1.29 is 76.0 Å². The first-order valence-corrected chi connectivity index (χ1v) is 33.6. The summed E-state index contributed by atoms with van der Waals surface area (Å²) >= 11 is 0. The summed E-state index contributed by atoms with van der Waals surface area (Å²) in [6.07, 6.45) is 26.4. The Hall–Kier alpha value is -9.44. The van der Waals surface area contributed by atoms with Crippen LogP contribution in [0.5, 0.6) is 46.0 Å². The minimum Gasteiger partial charge on any atom is -0.502 e. The van der Waals surface area contributed by atoms with Crippen molar-refractivity contribution in [3.8, 4) is 46.0 Å². The number of carbonyl (C=O) groups excluding carboxylic acids is 4. The molecule has 16 heteroatoms. The van der Waals surface area contributed by atoms with Gasteiger partial charge < -0.3 is 56.8 Å². The lowest BCUT2D eigenvalue weighted by atomic mass is 10.0.